The van der Waals surface area contributed by atoms with E-state index in [4.69, 9.17) is 12.2 Å². The van der Waals surface area contributed by atoms with E-state index >= 15 is 0 Å². The van der Waals surface area contributed by atoms with E-state index in [1.807, 2.05) is 79.0 Å². The number of benzene rings is 2. The Bertz CT molecular complexity index is 1600. The molecule has 39 heavy (non-hydrogen) atoms. The molecule has 1 fully saturated rings. The van der Waals surface area contributed by atoms with Crippen molar-refractivity contribution in [1.82, 2.24) is 24.8 Å². The number of hydrogen-bond donors (Lipinski definition) is 2. The number of amides is 1. The van der Waals surface area contributed by atoms with Crippen LogP contribution in [0, 0.1) is 0 Å². The van der Waals surface area contributed by atoms with Gasteiger partial charge in [-0.25, -0.2) is 0 Å². The molecule has 194 valence electrons. The highest BCUT2D eigenvalue weighted by Gasteiger charge is 2.41. The topological polar surface area (TPSA) is 75.1 Å². The van der Waals surface area contributed by atoms with Crippen LogP contribution in [-0.4, -0.2) is 37.0 Å². The lowest BCUT2D eigenvalue weighted by atomic mass is 10.0. The Hall–Kier alpha value is -4.56. The van der Waals surface area contributed by atoms with E-state index in [1.165, 1.54) is 0 Å². The molecule has 2 N–H and O–H groups in total. The van der Waals surface area contributed by atoms with Crippen molar-refractivity contribution in [2.24, 2.45) is 0 Å². The van der Waals surface area contributed by atoms with E-state index in [-0.39, 0.29) is 18.0 Å². The molecule has 0 bridgehead atoms. The SMILES string of the molecule is O=C(CCN1C(=S)NC(c2ccccn2)C1c1cccn1Cc1cccnc1)Nc1cccc2ccccc12. The molecule has 1 amide bonds. The van der Waals surface area contributed by atoms with E-state index in [2.05, 4.69) is 48.4 Å². The van der Waals surface area contributed by atoms with Crippen LogP contribution in [0.15, 0.2) is 110 Å². The van der Waals surface area contributed by atoms with Crippen molar-refractivity contribution in [2.75, 3.05) is 11.9 Å². The van der Waals surface area contributed by atoms with Crippen LogP contribution in [0.4, 0.5) is 5.69 Å². The van der Waals surface area contributed by atoms with Crippen LogP contribution in [0.2, 0.25) is 0 Å². The first-order valence-corrected chi connectivity index (χ1v) is 13.4. The Labute approximate surface area is 232 Å². The molecule has 0 spiro atoms. The van der Waals surface area contributed by atoms with Gasteiger partial charge in [0.15, 0.2) is 5.11 Å². The van der Waals surface area contributed by atoms with Gasteiger partial charge in [-0.15, -0.1) is 0 Å². The van der Waals surface area contributed by atoms with Gasteiger partial charge in [0.1, 0.15) is 0 Å². The number of carbonyl (C=O) groups excluding carboxylic acids is 1. The van der Waals surface area contributed by atoms with Crippen LogP contribution >= 0.6 is 12.2 Å². The van der Waals surface area contributed by atoms with Crippen molar-refractivity contribution in [3.05, 3.63) is 127 Å². The molecule has 3 aromatic heterocycles. The summed E-state index contributed by atoms with van der Waals surface area (Å²) in [6, 6.07) is 27.8. The maximum absolute atomic E-state index is 13.1. The molecule has 1 aliphatic rings. The molecule has 1 saturated heterocycles. The second-order valence-corrected chi connectivity index (χ2v) is 9.95. The van der Waals surface area contributed by atoms with Crippen LogP contribution < -0.4 is 10.6 Å². The molecule has 2 aromatic carbocycles. The molecular formula is C31H28N6OS. The summed E-state index contributed by atoms with van der Waals surface area (Å²) in [4.78, 5) is 24.2. The van der Waals surface area contributed by atoms with Gasteiger partial charge >= 0.3 is 0 Å². The van der Waals surface area contributed by atoms with Gasteiger partial charge < -0.3 is 20.1 Å². The third kappa shape index (κ3) is 5.24. The van der Waals surface area contributed by atoms with Crippen molar-refractivity contribution < 1.29 is 4.79 Å². The molecule has 6 rings (SSSR count). The molecule has 0 saturated carbocycles. The van der Waals surface area contributed by atoms with E-state index < -0.39 is 0 Å². The van der Waals surface area contributed by atoms with E-state index in [0.717, 1.165) is 33.4 Å². The molecule has 1 aliphatic heterocycles. The number of fused-ring (bicyclic) bond motifs is 1. The number of nitrogens with zero attached hydrogens (tertiary/aromatic N) is 4. The number of pyridine rings is 2. The van der Waals surface area contributed by atoms with Crippen molar-refractivity contribution in [2.45, 2.75) is 25.0 Å². The number of carbonyl (C=O) groups is 1. The van der Waals surface area contributed by atoms with Crippen LogP contribution in [-0.2, 0) is 11.3 Å². The number of nitrogens with one attached hydrogen (secondary N) is 2. The average Bonchev–Trinajstić information content (AvgIpc) is 3.56. The van der Waals surface area contributed by atoms with E-state index in [1.54, 1.807) is 12.4 Å². The van der Waals surface area contributed by atoms with E-state index in [0.29, 0.717) is 24.6 Å². The van der Waals surface area contributed by atoms with Crippen LogP contribution in [0.1, 0.15) is 35.5 Å². The van der Waals surface area contributed by atoms with Crippen molar-refractivity contribution >= 4 is 39.7 Å². The summed E-state index contributed by atoms with van der Waals surface area (Å²) in [5.41, 5.74) is 3.92. The minimum atomic E-state index is -0.151. The number of hydrogen-bond acceptors (Lipinski definition) is 4. The summed E-state index contributed by atoms with van der Waals surface area (Å²) in [5, 5.41) is 9.32. The normalized spacial score (nSPS) is 16.8. The Balaban J connectivity index is 1.26. The Morgan fingerprint density at radius 3 is 2.67 bits per heavy atom. The molecular weight excluding hydrogens is 504 g/mol. The van der Waals surface area contributed by atoms with Gasteiger partial charge in [-0.05, 0) is 59.6 Å². The summed E-state index contributed by atoms with van der Waals surface area (Å²) >= 11 is 5.82. The summed E-state index contributed by atoms with van der Waals surface area (Å²) in [7, 11) is 0. The van der Waals surface area contributed by atoms with Gasteiger partial charge in [0.2, 0.25) is 5.91 Å². The minimum Gasteiger partial charge on any atom is -0.352 e. The summed E-state index contributed by atoms with van der Waals surface area (Å²) in [6.45, 7) is 1.15. The molecule has 0 aliphatic carbocycles. The van der Waals surface area contributed by atoms with Gasteiger partial charge in [-0.1, -0.05) is 48.5 Å². The standard InChI is InChI=1S/C31H28N6OS/c38-28(34-25-13-5-10-23-9-1-2-11-24(23)25)15-19-37-30(29(35-31(37)39)26-12-3-4-17-33-26)27-14-7-18-36(27)21-22-8-6-16-32-20-22/h1-14,16-18,20,29-30H,15,19,21H2,(H,34,38)(H,35,39). The van der Waals surface area contributed by atoms with Crippen LogP contribution in [0.5, 0.6) is 0 Å². The lowest BCUT2D eigenvalue weighted by molar-refractivity contribution is -0.116. The number of aromatic nitrogens is 3. The fraction of sp³-hybridized carbons (Fsp3) is 0.161. The number of anilines is 1. The third-order valence-corrected chi connectivity index (χ3v) is 7.44. The maximum atomic E-state index is 13.1. The third-order valence-electron chi connectivity index (χ3n) is 7.08. The second-order valence-electron chi connectivity index (χ2n) is 9.57. The van der Waals surface area contributed by atoms with Crippen molar-refractivity contribution in [3.8, 4) is 0 Å². The maximum Gasteiger partial charge on any atom is 0.226 e. The second kappa shape index (κ2) is 11.0. The van der Waals surface area contributed by atoms with E-state index in [9.17, 15) is 4.79 Å². The van der Waals surface area contributed by atoms with Gasteiger partial charge in [0.05, 0.1) is 17.8 Å². The highest BCUT2D eigenvalue weighted by atomic mass is 32.1. The zero-order chi connectivity index (χ0) is 26.6. The summed E-state index contributed by atoms with van der Waals surface area (Å²) in [5.74, 6) is -0.0556. The largest absolute Gasteiger partial charge is 0.352 e. The number of rotatable bonds is 8. The zero-order valence-electron chi connectivity index (χ0n) is 21.3. The molecule has 0 radical (unpaired) electrons. The van der Waals surface area contributed by atoms with Crippen molar-refractivity contribution in [1.29, 1.82) is 0 Å². The zero-order valence-corrected chi connectivity index (χ0v) is 22.1. The first-order chi connectivity index (χ1) is 19.2. The first kappa shape index (κ1) is 24.8. The molecule has 8 heteroatoms. The molecule has 2 atom stereocenters. The molecule has 7 nitrogen and oxygen atoms in total. The summed E-state index contributed by atoms with van der Waals surface area (Å²) in [6.07, 6.45) is 7.82. The van der Waals surface area contributed by atoms with Crippen LogP contribution in [0.3, 0.4) is 0 Å². The summed E-state index contributed by atoms with van der Waals surface area (Å²) < 4.78 is 2.22. The Morgan fingerprint density at radius 1 is 0.949 bits per heavy atom. The predicted octanol–water partition coefficient (Wildman–Crippen LogP) is 5.48. The predicted molar refractivity (Wildman–Crippen MR) is 157 cm³/mol. The van der Waals surface area contributed by atoms with Gasteiger partial charge in [-0.3, -0.25) is 14.8 Å². The average molecular weight is 533 g/mol. The molecule has 4 heterocycles. The van der Waals surface area contributed by atoms with Crippen molar-refractivity contribution in [3.63, 3.8) is 0 Å². The quantitative estimate of drug-likeness (QED) is 0.258. The van der Waals surface area contributed by atoms with Gasteiger partial charge in [0, 0.05) is 61.1 Å². The minimum absolute atomic E-state index is 0.0556. The highest BCUT2D eigenvalue weighted by Crippen LogP contribution is 2.39. The lowest BCUT2D eigenvalue weighted by Crippen LogP contribution is -2.33. The monoisotopic (exact) mass is 532 g/mol. The fourth-order valence-corrected chi connectivity index (χ4v) is 5.60. The van der Waals surface area contributed by atoms with Crippen LogP contribution in [0.25, 0.3) is 10.8 Å². The van der Waals surface area contributed by atoms with Gasteiger partial charge in [0.25, 0.3) is 0 Å². The fourth-order valence-electron chi connectivity index (χ4n) is 5.27. The lowest BCUT2D eigenvalue weighted by Gasteiger charge is -2.29. The molecule has 5 aromatic rings. The first-order valence-electron chi connectivity index (χ1n) is 13.0. The number of thiocarbonyl (C=S) groups is 1. The molecule has 2 unspecified atom stereocenters. The smallest absolute Gasteiger partial charge is 0.226 e. The Morgan fingerprint density at radius 2 is 1.82 bits per heavy atom. The Kier molecular flexibility index (Phi) is 7.01. The van der Waals surface area contributed by atoms with Gasteiger partial charge in [-0.2, -0.15) is 0 Å². The highest BCUT2D eigenvalue weighted by molar-refractivity contribution is 7.80.